The van der Waals surface area contributed by atoms with E-state index in [1.165, 1.54) is 4.90 Å². The first-order valence-corrected chi connectivity index (χ1v) is 10.3. The van der Waals surface area contributed by atoms with E-state index < -0.39 is 17.8 Å². The number of ketones is 1. The number of halogens is 1. The number of amides is 1. The highest BCUT2D eigenvalue weighted by Crippen LogP contribution is 2.33. The minimum Gasteiger partial charge on any atom is -0.457 e. The summed E-state index contributed by atoms with van der Waals surface area (Å²) in [6, 6.07) is 6.69. The molecule has 0 heterocycles. The Hall–Kier alpha value is -2.02. The lowest BCUT2D eigenvalue weighted by Crippen LogP contribution is -2.46. The Morgan fingerprint density at radius 2 is 1.75 bits per heavy atom. The van der Waals surface area contributed by atoms with Gasteiger partial charge in [0.05, 0.1) is 18.4 Å². The van der Waals surface area contributed by atoms with E-state index in [0.717, 1.165) is 17.3 Å². The van der Waals surface area contributed by atoms with Gasteiger partial charge in [0.15, 0.2) is 12.4 Å². The molecule has 0 bridgehead atoms. The molecule has 0 N–H and O–H groups in total. The number of benzene rings is 1. The molecule has 1 aliphatic rings. The molecule has 1 aromatic rings. The van der Waals surface area contributed by atoms with Crippen LogP contribution in [0.15, 0.2) is 28.7 Å². The van der Waals surface area contributed by atoms with Gasteiger partial charge in [0.2, 0.25) is 5.91 Å². The summed E-state index contributed by atoms with van der Waals surface area (Å²) in [6.45, 7) is 3.35. The van der Waals surface area contributed by atoms with Crippen LogP contribution in [0, 0.1) is 11.8 Å². The Kier molecular flexibility index (Phi) is 8.35. The zero-order valence-electron chi connectivity index (χ0n) is 16.2. The van der Waals surface area contributed by atoms with Crippen LogP contribution in [0.1, 0.15) is 49.9 Å². The summed E-state index contributed by atoms with van der Waals surface area (Å²) in [5.74, 6) is -2.08. The first kappa shape index (κ1) is 22.3. The van der Waals surface area contributed by atoms with Crippen LogP contribution in [-0.2, 0) is 19.1 Å². The van der Waals surface area contributed by atoms with E-state index in [2.05, 4.69) is 15.9 Å². The second kappa shape index (κ2) is 10.5. The van der Waals surface area contributed by atoms with Crippen molar-refractivity contribution in [2.45, 2.75) is 45.6 Å². The molecule has 1 amide bonds. The van der Waals surface area contributed by atoms with Crippen LogP contribution >= 0.6 is 15.9 Å². The predicted octanol–water partition coefficient (Wildman–Crippen LogP) is 3.42. The van der Waals surface area contributed by atoms with Gasteiger partial charge in [0, 0.05) is 16.1 Å². The van der Waals surface area contributed by atoms with E-state index in [0.29, 0.717) is 24.7 Å². The van der Waals surface area contributed by atoms with Gasteiger partial charge in [-0.1, -0.05) is 40.9 Å². The zero-order valence-corrected chi connectivity index (χ0v) is 17.8. The van der Waals surface area contributed by atoms with Crippen molar-refractivity contribution in [3.05, 3.63) is 34.3 Å². The van der Waals surface area contributed by atoms with Gasteiger partial charge in [-0.15, -0.1) is 0 Å². The van der Waals surface area contributed by atoms with Crippen LogP contribution in [0.2, 0.25) is 0 Å². The monoisotopic (exact) mass is 451 g/mol. The fourth-order valence-electron chi connectivity index (χ4n) is 3.52. The van der Waals surface area contributed by atoms with Crippen molar-refractivity contribution in [2.75, 3.05) is 13.2 Å². The van der Waals surface area contributed by atoms with Crippen LogP contribution in [0.4, 0.5) is 0 Å². The van der Waals surface area contributed by atoms with Crippen molar-refractivity contribution >= 4 is 39.9 Å². The lowest BCUT2D eigenvalue weighted by Gasteiger charge is -2.34. The number of carbonyl (C=O) groups is 4. The SMILES string of the molecule is CC(C)N(CC=O)C(=O)C1CCCCC1C(=O)OCC(=O)c1ccc(Br)cc1. The molecule has 2 atom stereocenters. The quantitative estimate of drug-likeness (QED) is 0.343. The first-order chi connectivity index (χ1) is 13.3. The Morgan fingerprint density at radius 1 is 1.14 bits per heavy atom. The van der Waals surface area contributed by atoms with Crippen LogP contribution < -0.4 is 0 Å². The summed E-state index contributed by atoms with van der Waals surface area (Å²) in [6.07, 6.45) is 3.52. The Bertz CT molecular complexity index is 716. The Balaban J connectivity index is 2.02. The topological polar surface area (TPSA) is 80.8 Å². The summed E-state index contributed by atoms with van der Waals surface area (Å²) in [4.78, 5) is 50.2. The number of esters is 1. The highest BCUT2D eigenvalue weighted by atomic mass is 79.9. The summed E-state index contributed by atoms with van der Waals surface area (Å²) < 4.78 is 6.12. The van der Waals surface area contributed by atoms with Gasteiger partial charge in [-0.25, -0.2) is 0 Å². The highest BCUT2D eigenvalue weighted by molar-refractivity contribution is 9.10. The summed E-state index contributed by atoms with van der Waals surface area (Å²) >= 11 is 3.31. The van der Waals surface area contributed by atoms with E-state index in [1.807, 2.05) is 13.8 Å². The smallest absolute Gasteiger partial charge is 0.310 e. The maximum absolute atomic E-state index is 12.9. The lowest BCUT2D eigenvalue weighted by atomic mass is 9.78. The van der Waals surface area contributed by atoms with Gasteiger partial charge in [-0.3, -0.25) is 14.4 Å². The first-order valence-electron chi connectivity index (χ1n) is 9.54. The number of carbonyl (C=O) groups excluding carboxylic acids is 4. The number of ether oxygens (including phenoxy) is 1. The van der Waals surface area contributed by atoms with Crippen molar-refractivity contribution in [1.82, 2.24) is 4.90 Å². The summed E-state index contributed by atoms with van der Waals surface area (Å²) in [5.41, 5.74) is 0.462. The fourth-order valence-corrected chi connectivity index (χ4v) is 3.78. The van der Waals surface area contributed by atoms with Crippen LogP contribution in [0.3, 0.4) is 0 Å². The third kappa shape index (κ3) is 5.74. The second-order valence-corrected chi connectivity index (χ2v) is 8.20. The molecule has 0 aliphatic heterocycles. The number of Topliss-reactive ketones (excluding diaryl/α,β-unsaturated/α-hetero) is 1. The molecule has 1 aliphatic carbocycles. The minimum absolute atomic E-state index is 0.0107. The second-order valence-electron chi connectivity index (χ2n) is 7.29. The molecule has 0 spiro atoms. The molecule has 1 fully saturated rings. The molecule has 2 rings (SSSR count). The number of hydrogen-bond donors (Lipinski definition) is 0. The third-order valence-electron chi connectivity index (χ3n) is 5.08. The van der Waals surface area contributed by atoms with Crippen molar-refractivity contribution in [3.63, 3.8) is 0 Å². The lowest BCUT2D eigenvalue weighted by molar-refractivity contribution is -0.157. The van der Waals surface area contributed by atoms with Crippen molar-refractivity contribution in [2.24, 2.45) is 11.8 Å². The van der Waals surface area contributed by atoms with Crippen LogP contribution in [0.25, 0.3) is 0 Å². The largest absolute Gasteiger partial charge is 0.457 e. The molecule has 2 unspecified atom stereocenters. The predicted molar refractivity (Wildman–Crippen MR) is 108 cm³/mol. The normalized spacial score (nSPS) is 19.1. The molecular weight excluding hydrogens is 426 g/mol. The molecule has 0 aromatic heterocycles. The maximum Gasteiger partial charge on any atom is 0.310 e. The van der Waals surface area contributed by atoms with Gasteiger partial charge >= 0.3 is 5.97 Å². The van der Waals surface area contributed by atoms with Crippen molar-refractivity contribution in [3.8, 4) is 0 Å². The van der Waals surface area contributed by atoms with Gasteiger partial charge < -0.3 is 14.4 Å². The van der Waals surface area contributed by atoms with E-state index in [9.17, 15) is 19.2 Å². The van der Waals surface area contributed by atoms with Crippen LogP contribution in [0.5, 0.6) is 0 Å². The van der Waals surface area contributed by atoms with E-state index >= 15 is 0 Å². The van der Waals surface area contributed by atoms with Gasteiger partial charge in [0.1, 0.15) is 6.29 Å². The fraction of sp³-hybridized carbons (Fsp3) is 0.524. The summed E-state index contributed by atoms with van der Waals surface area (Å²) in [7, 11) is 0. The molecule has 7 heteroatoms. The summed E-state index contributed by atoms with van der Waals surface area (Å²) in [5, 5.41) is 0. The van der Waals surface area contributed by atoms with Crippen molar-refractivity contribution in [1.29, 1.82) is 0 Å². The highest BCUT2D eigenvalue weighted by Gasteiger charge is 2.39. The van der Waals surface area contributed by atoms with E-state index in [1.54, 1.807) is 24.3 Å². The molecular formula is C21H26BrNO5. The minimum atomic E-state index is -0.577. The van der Waals surface area contributed by atoms with Gasteiger partial charge in [-0.05, 0) is 38.8 Å². The zero-order chi connectivity index (χ0) is 20.7. The van der Waals surface area contributed by atoms with E-state index in [4.69, 9.17) is 4.74 Å². The average molecular weight is 452 g/mol. The Morgan fingerprint density at radius 3 is 2.32 bits per heavy atom. The molecule has 152 valence electrons. The molecule has 0 saturated heterocycles. The van der Waals surface area contributed by atoms with E-state index in [-0.39, 0.29) is 30.9 Å². The number of aldehydes is 1. The third-order valence-corrected chi connectivity index (χ3v) is 5.60. The van der Waals surface area contributed by atoms with Gasteiger partial charge in [0.25, 0.3) is 0 Å². The molecule has 1 aromatic carbocycles. The number of nitrogens with zero attached hydrogens (tertiary/aromatic N) is 1. The molecule has 28 heavy (non-hydrogen) atoms. The average Bonchev–Trinajstić information content (AvgIpc) is 2.69. The number of rotatable bonds is 8. The number of hydrogen-bond acceptors (Lipinski definition) is 5. The molecule has 1 saturated carbocycles. The van der Waals surface area contributed by atoms with Crippen molar-refractivity contribution < 1.29 is 23.9 Å². The standard InChI is InChI=1S/C21H26BrNO5/c1-14(2)23(11-12-24)20(26)17-5-3-4-6-18(17)21(27)28-13-19(25)15-7-9-16(22)10-8-15/h7-10,12,14,17-18H,3-6,11,13H2,1-2H3. The van der Waals surface area contributed by atoms with Gasteiger partial charge in [-0.2, -0.15) is 0 Å². The Labute approximate surface area is 173 Å². The molecule has 0 radical (unpaired) electrons. The molecule has 6 nitrogen and oxygen atoms in total. The maximum atomic E-state index is 12.9. The van der Waals surface area contributed by atoms with Crippen LogP contribution in [-0.4, -0.2) is 48.0 Å².